The Bertz CT molecular complexity index is 724. The summed E-state index contributed by atoms with van der Waals surface area (Å²) >= 11 is 5.28. The van der Waals surface area contributed by atoms with Gasteiger partial charge in [-0.25, -0.2) is 0 Å². The molecule has 0 bridgehead atoms. The van der Waals surface area contributed by atoms with Crippen molar-refractivity contribution < 1.29 is 4.52 Å². The first-order valence-electron chi connectivity index (χ1n) is 5.21. The molecule has 0 saturated carbocycles. The Kier molecular flexibility index (Phi) is 2.29. The van der Waals surface area contributed by atoms with Gasteiger partial charge in [0.15, 0.2) is 10.6 Å². The molecule has 0 amide bonds. The molecule has 3 rings (SSSR count). The number of nitrogens with one attached hydrogen (secondary N) is 1. The van der Waals surface area contributed by atoms with Crippen LogP contribution in [0, 0.1) is 11.7 Å². The molecule has 0 aliphatic carbocycles. The number of hydrogen-bond donors (Lipinski definition) is 1. The molecule has 1 aromatic carbocycles. The number of aromatic nitrogens is 4. The van der Waals surface area contributed by atoms with Crippen LogP contribution in [0.15, 0.2) is 28.8 Å². The number of aromatic amines is 1. The smallest absolute Gasteiger partial charge is 0.223 e. The number of para-hydroxylation sites is 2. The number of benzene rings is 1. The first-order valence-corrected chi connectivity index (χ1v) is 5.61. The minimum absolute atomic E-state index is 0.514. The van der Waals surface area contributed by atoms with Gasteiger partial charge in [0.25, 0.3) is 0 Å². The number of fused-ring (bicyclic) bond motifs is 1. The maximum Gasteiger partial charge on any atom is 0.223 e. The predicted octanol–water partition coefficient (Wildman–Crippen LogP) is 2.44. The fourth-order valence-electron chi connectivity index (χ4n) is 1.81. The Labute approximate surface area is 102 Å². The monoisotopic (exact) mass is 246 g/mol. The summed E-state index contributed by atoms with van der Waals surface area (Å²) in [6.07, 6.45) is 0. The second-order valence-corrected chi connectivity index (χ2v) is 4.15. The summed E-state index contributed by atoms with van der Waals surface area (Å²) in [5.41, 5.74) is 2.05. The van der Waals surface area contributed by atoms with Crippen molar-refractivity contribution in [2.24, 2.45) is 0 Å². The van der Waals surface area contributed by atoms with Crippen molar-refractivity contribution in [3.8, 4) is 0 Å². The maximum atomic E-state index is 5.28. The topological polar surface area (TPSA) is 59.6 Å². The number of rotatable bonds is 2. The van der Waals surface area contributed by atoms with Gasteiger partial charge in [-0.05, 0) is 24.4 Å². The Morgan fingerprint density at radius 2 is 2.24 bits per heavy atom. The van der Waals surface area contributed by atoms with Gasteiger partial charge in [-0.2, -0.15) is 4.98 Å². The van der Waals surface area contributed by atoms with E-state index in [9.17, 15) is 0 Å². The van der Waals surface area contributed by atoms with Crippen LogP contribution >= 0.6 is 12.2 Å². The Morgan fingerprint density at radius 1 is 1.41 bits per heavy atom. The van der Waals surface area contributed by atoms with E-state index in [-0.39, 0.29) is 0 Å². The van der Waals surface area contributed by atoms with Crippen LogP contribution in [0.2, 0.25) is 0 Å². The van der Waals surface area contributed by atoms with Gasteiger partial charge in [-0.3, -0.25) is 0 Å². The molecule has 2 aromatic heterocycles. The van der Waals surface area contributed by atoms with E-state index in [1.807, 2.05) is 28.8 Å². The molecule has 6 heteroatoms. The number of aryl methyl sites for hydroxylation is 1. The van der Waals surface area contributed by atoms with Gasteiger partial charge in [0, 0.05) is 6.92 Å². The van der Waals surface area contributed by atoms with E-state index in [2.05, 4.69) is 15.1 Å². The molecule has 0 radical (unpaired) electrons. The molecule has 0 saturated heterocycles. The third-order valence-electron chi connectivity index (χ3n) is 2.55. The highest BCUT2D eigenvalue weighted by molar-refractivity contribution is 7.71. The molecule has 0 aliphatic heterocycles. The molecule has 0 unspecified atom stereocenters. The Hall–Kier alpha value is -1.95. The quantitative estimate of drug-likeness (QED) is 0.705. The molecule has 2 heterocycles. The summed E-state index contributed by atoms with van der Waals surface area (Å²) in [6.45, 7) is 2.28. The molecular weight excluding hydrogens is 236 g/mol. The highest BCUT2D eigenvalue weighted by Crippen LogP contribution is 2.14. The zero-order chi connectivity index (χ0) is 11.8. The average Bonchev–Trinajstić information content (AvgIpc) is 2.85. The van der Waals surface area contributed by atoms with Crippen LogP contribution < -0.4 is 0 Å². The minimum Gasteiger partial charge on any atom is -0.340 e. The van der Waals surface area contributed by atoms with Crippen LogP contribution in [0.3, 0.4) is 0 Å². The van der Waals surface area contributed by atoms with Gasteiger partial charge in [-0.15, -0.1) is 0 Å². The third-order valence-corrected chi connectivity index (χ3v) is 2.87. The SMILES string of the molecule is Cc1nc(Cn2c(=S)[nH]c3ccccc32)no1. The van der Waals surface area contributed by atoms with Gasteiger partial charge in [0.05, 0.1) is 17.6 Å². The molecule has 0 spiro atoms. The second kappa shape index (κ2) is 3.81. The van der Waals surface area contributed by atoms with Crippen molar-refractivity contribution >= 4 is 23.3 Å². The first-order chi connectivity index (χ1) is 8.24. The highest BCUT2D eigenvalue weighted by atomic mass is 32.1. The average molecular weight is 246 g/mol. The maximum absolute atomic E-state index is 5.28. The lowest BCUT2D eigenvalue weighted by atomic mass is 10.3. The van der Waals surface area contributed by atoms with E-state index in [4.69, 9.17) is 16.7 Å². The Morgan fingerprint density at radius 3 is 3.00 bits per heavy atom. The van der Waals surface area contributed by atoms with E-state index in [1.165, 1.54) is 0 Å². The molecule has 0 atom stereocenters. The van der Waals surface area contributed by atoms with Crippen molar-refractivity contribution in [1.82, 2.24) is 19.7 Å². The van der Waals surface area contributed by atoms with Crippen LogP contribution in [-0.4, -0.2) is 19.7 Å². The summed E-state index contributed by atoms with van der Waals surface area (Å²) in [5, 5.41) is 3.87. The summed E-state index contributed by atoms with van der Waals surface area (Å²) < 4.78 is 7.56. The van der Waals surface area contributed by atoms with E-state index in [0.29, 0.717) is 23.0 Å². The van der Waals surface area contributed by atoms with Crippen LogP contribution in [0.1, 0.15) is 11.7 Å². The number of nitrogens with zero attached hydrogens (tertiary/aromatic N) is 3. The van der Waals surface area contributed by atoms with Crippen molar-refractivity contribution in [2.75, 3.05) is 0 Å². The predicted molar refractivity (Wildman–Crippen MR) is 65.3 cm³/mol. The van der Waals surface area contributed by atoms with Crippen molar-refractivity contribution in [2.45, 2.75) is 13.5 Å². The molecule has 17 heavy (non-hydrogen) atoms. The minimum atomic E-state index is 0.514. The fourth-order valence-corrected chi connectivity index (χ4v) is 2.08. The normalized spacial score (nSPS) is 11.1. The van der Waals surface area contributed by atoms with Crippen molar-refractivity contribution in [3.63, 3.8) is 0 Å². The van der Waals surface area contributed by atoms with Gasteiger partial charge in [-0.1, -0.05) is 17.3 Å². The van der Waals surface area contributed by atoms with Crippen LogP contribution in [-0.2, 0) is 6.54 Å². The second-order valence-electron chi connectivity index (χ2n) is 3.76. The van der Waals surface area contributed by atoms with E-state index in [0.717, 1.165) is 11.0 Å². The summed E-state index contributed by atoms with van der Waals surface area (Å²) in [5.74, 6) is 1.19. The zero-order valence-electron chi connectivity index (χ0n) is 9.17. The van der Waals surface area contributed by atoms with Crippen molar-refractivity contribution in [1.29, 1.82) is 0 Å². The molecule has 1 N–H and O–H groups in total. The third kappa shape index (κ3) is 1.76. The van der Waals surface area contributed by atoms with Gasteiger partial charge >= 0.3 is 0 Å². The number of H-pyrrole nitrogens is 1. The fraction of sp³-hybridized carbons (Fsp3) is 0.182. The molecule has 0 aliphatic rings. The molecule has 5 nitrogen and oxygen atoms in total. The van der Waals surface area contributed by atoms with E-state index < -0.39 is 0 Å². The number of imidazole rings is 1. The lowest BCUT2D eigenvalue weighted by Gasteiger charge is -1.99. The molecule has 0 fully saturated rings. The van der Waals surface area contributed by atoms with Crippen LogP contribution in [0.5, 0.6) is 0 Å². The van der Waals surface area contributed by atoms with Crippen LogP contribution in [0.4, 0.5) is 0 Å². The van der Waals surface area contributed by atoms with E-state index >= 15 is 0 Å². The van der Waals surface area contributed by atoms with Crippen LogP contribution in [0.25, 0.3) is 11.0 Å². The summed E-state index contributed by atoms with van der Waals surface area (Å²) in [6, 6.07) is 7.94. The summed E-state index contributed by atoms with van der Waals surface area (Å²) in [7, 11) is 0. The highest BCUT2D eigenvalue weighted by Gasteiger charge is 2.08. The molecule has 3 aromatic rings. The van der Waals surface area contributed by atoms with Crippen molar-refractivity contribution in [3.05, 3.63) is 40.8 Å². The lowest BCUT2D eigenvalue weighted by molar-refractivity contribution is 0.386. The molecular formula is C11H10N4OS. The van der Waals surface area contributed by atoms with Gasteiger partial charge in [0.2, 0.25) is 5.89 Å². The summed E-state index contributed by atoms with van der Waals surface area (Å²) in [4.78, 5) is 7.32. The van der Waals surface area contributed by atoms with Gasteiger partial charge < -0.3 is 14.1 Å². The zero-order valence-corrected chi connectivity index (χ0v) is 9.99. The standard InChI is InChI=1S/C11H10N4OS/c1-7-12-10(14-16-7)6-15-9-5-3-2-4-8(9)13-11(15)17/h2-5H,6H2,1H3,(H,13,17). The lowest BCUT2D eigenvalue weighted by Crippen LogP contribution is -2.01. The van der Waals surface area contributed by atoms with Gasteiger partial charge in [0.1, 0.15) is 0 Å². The largest absolute Gasteiger partial charge is 0.340 e. The number of hydrogen-bond acceptors (Lipinski definition) is 4. The Balaban J connectivity index is 2.11. The van der Waals surface area contributed by atoms with E-state index in [1.54, 1.807) is 6.92 Å². The molecule has 86 valence electrons. The first kappa shape index (κ1) is 10.2.